The molecule has 2 heterocycles. The molecule has 2 saturated heterocycles. The summed E-state index contributed by atoms with van der Waals surface area (Å²) in [5.74, 6) is -5.34. The number of benzene rings is 1. The molecule has 14 heteroatoms. The highest BCUT2D eigenvalue weighted by Gasteiger charge is 2.78. The number of halogens is 1. The van der Waals surface area contributed by atoms with Gasteiger partial charge in [0.15, 0.2) is 5.60 Å². The number of aliphatic hydroxyl groups excluding tert-OH is 4. The Morgan fingerprint density at radius 3 is 2.34 bits per heavy atom. The van der Waals surface area contributed by atoms with Crippen LogP contribution in [0.25, 0.3) is 0 Å². The number of hydrogen-bond donors (Lipinski definition) is 6. The van der Waals surface area contributed by atoms with Crippen molar-refractivity contribution in [2.45, 2.75) is 105 Å². The van der Waals surface area contributed by atoms with Gasteiger partial charge in [-0.25, -0.2) is 9.68 Å². The number of carboxylic acid groups (broad SMARTS) is 1. The first-order chi connectivity index (χ1) is 20.7. The van der Waals surface area contributed by atoms with E-state index in [2.05, 4.69) is 5.32 Å². The van der Waals surface area contributed by atoms with E-state index in [9.17, 15) is 35.1 Å². The van der Waals surface area contributed by atoms with Gasteiger partial charge in [0.2, 0.25) is 5.91 Å². The molecule has 1 amide bonds. The van der Waals surface area contributed by atoms with Crippen molar-refractivity contribution >= 4 is 23.5 Å². The van der Waals surface area contributed by atoms with Crippen LogP contribution in [0.4, 0.5) is 0 Å². The Morgan fingerprint density at radius 2 is 1.82 bits per heavy atom. The Labute approximate surface area is 259 Å². The monoisotopic (exact) mass is 641 g/mol. The van der Waals surface area contributed by atoms with Crippen LogP contribution >= 0.6 is 11.6 Å². The van der Waals surface area contributed by atoms with Gasteiger partial charge < -0.3 is 45.1 Å². The summed E-state index contributed by atoms with van der Waals surface area (Å²) in [6, 6.07) is 3.81. The molecule has 1 aromatic carbocycles. The van der Waals surface area contributed by atoms with Crippen LogP contribution in [-0.2, 0) is 34.6 Å². The molecule has 6 fully saturated rings. The zero-order valence-corrected chi connectivity index (χ0v) is 25.5. The number of rotatable bonds is 9. The van der Waals surface area contributed by atoms with Crippen molar-refractivity contribution in [1.29, 1.82) is 0 Å². The average molecular weight is 642 g/mol. The summed E-state index contributed by atoms with van der Waals surface area (Å²) in [6.07, 6.45) is -3.17. The summed E-state index contributed by atoms with van der Waals surface area (Å²) in [4.78, 5) is 36.3. The number of methoxy groups -OCH3 is 1. The van der Waals surface area contributed by atoms with Gasteiger partial charge in [-0.05, 0) is 68.4 Å². The third kappa shape index (κ3) is 4.66. The van der Waals surface area contributed by atoms with Gasteiger partial charge in [-0.3, -0.25) is 4.79 Å². The molecule has 0 radical (unpaired) electrons. The molecule has 44 heavy (non-hydrogen) atoms. The number of carbonyl (C=O) groups excluding carboxylic acids is 1. The lowest BCUT2D eigenvalue weighted by molar-refractivity contribution is -0.645. The second-order valence-corrected chi connectivity index (χ2v) is 14.0. The number of carboxylic acids is 1. The first-order valence-corrected chi connectivity index (χ1v) is 15.4. The van der Waals surface area contributed by atoms with Crippen LogP contribution in [0.5, 0.6) is 5.75 Å². The standard InChI is InChI=1S/C30H40ClNO12/c1-14-4-5-17(30(40-3)29(43-44-30)18-6-16-7-19(29)11-27(31,9-16)10-18)8-22(14)41-28(26(38)39)12-20(35)23(32-15(2)34)25(42-28)24(37)21(36)13-33/h4-5,8,16,18-21,23-25,33,35-37H,6-7,9-13H2,1-3H3,(H,32,34)(H,38,39)/t16?,18?,19?,20-,21?,23+,24?,25+,27?,28-,29?,30?/m0/s1. The molecule has 13 nitrogen and oxygen atoms in total. The summed E-state index contributed by atoms with van der Waals surface area (Å²) in [6.45, 7) is 1.98. The van der Waals surface area contributed by atoms with Gasteiger partial charge in [0.25, 0.3) is 5.79 Å². The van der Waals surface area contributed by atoms with Crippen molar-refractivity contribution in [3.05, 3.63) is 29.3 Å². The van der Waals surface area contributed by atoms with Gasteiger partial charge in [-0.2, -0.15) is 4.89 Å². The Bertz CT molecular complexity index is 1290. The summed E-state index contributed by atoms with van der Waals surface area (Å²) in [7, 11) is 1.53. The number of aliphatic hydroxyl groups is 4. The number of ether oxygens (including phenoxy) is 3. The zero-order chi connectivity index (χ0) is 31.8. The van der Waals surface area contributed by atoms with E-state index in [1.807, 2.05) is 0 Å². The molecular formula is C30H40ClNO12. The summed E-state index contributed by atoms with van der Waals surface area (Å²) >= 11 is 7.02. The normalized spacial score (nSPS) is 43.7. The number of alkyl halides is 1. The summed E-state index contributed by atoms with van der Waals surface area (Å²) in [5, 5.41) is 54.2. The van der Waals surface area contributed by atoms with E-state index in [1.165, 1.54) is 14.0 Å². The van der Waals surface area contributed by atoms with E-state index < -0.39 is 72.5 Å². The SMILES string of the molecule is COC1(c2ccc(C)c(O[C@@]3(C(=O)O)C[C@H](O)[C@@H](NC(C)=O)[C@H](C(O)C(O)CO)O3)c2)OOC12C1CC3CC2CC(Cl)(C3)C1. The fraction of sp³-hybridized carbons (Fsp3) is 0.733. The largest absolute Gasteiger partial charge is 0.476 e. The predicted molar refractivity (Wildman–Crippen MR) is 150 cm³/mol. The van der Waals surface area contributed by atoms with Crippen molar-refractivity contribution in [1.82, 2.24) is 5.32 Å². The highest BCUT2D eigenvalue weighted by atomic mass is 35.5. The lowest BCUT2D eigenvalue weighted by Gasteiger charge is -2.70. The van der Waals surface area contributed by atoms with E-state index in [4.69, 9.17) is 35.6 Å². The van der Waals surface area contributed by atoms with Crippen LogP contribution in [0.2, 0.25) is 0 Å². The molecule has 4 saturated carbocycles. The maximum absolute atomic E-state index is 12.8. The topological polar surface area (TPSA) is 193 Å². The van der Waals surface area contributed by atoms with E-state index in [0.717, 1.165) is 32.1 Å². The Kier molecular flexibility index (Phi) is 7.99. The number of hydrogen-bond acceptors (Lipinski definition) is 11. The van der Waals surface area contributed by atoms with Gasteiger partial charge in [0.05, 0.1) is 25.2 Å². The summed E-state index contributed by atoms with van der Waals surface area (Å²) in [5.41, 5.74) is 0.254. The molecular weight excluding hydrogens is 602 g/mol. The first-order valence-electron chi connectivity index (χ1n) is 15.0. The molecule has 2 aliphatic heterocycles. The highest BCUT2D eigenvalue weighted by molar-refractivity contribution is 6.24. The van der Waals surface area contributed by atoms with Gasteiger partial charge in [0, 0.05) is 24.5 Å². The average Bonchev–Trinajstić information content (AvgIpc) is 2.94. The van der Waals surface area contributed by atoms with Crippen molar-refractivity contribution < 1.29 is 59.1 Å². The van der Waals surface area contributed by atoms with E-state index in [0.29, 0.717) is 17.0 Å². The first kappa shape index (κ1) is 31.9. The fourth-order valence-corrected chi connectivity index (χ4v) is 9.26. The molecule has 244 valence electrons. The molecule has 4 bridgehead atoms. The van der Waals surface area contributed by atoms with Crippen LogP contribution in [0.15, 0.2) is 18.2 Å². The van der Waals surface area contributed by atoms with Crippen LogP contribution in [0, 0.1) is 24.7 Å². The van der Waals surface area contributed by atoms with Crippen molar-refractivity contribution in [2.75, 3.05) is 13.7 Å². The van der Waals surface area contributed by atoms with Crippen LogP contribution in [0.3, 0.4) is 0 Å². The minimum absolute atomic E-state index is 0.0747. The van der Waals surface area contributed by atoms with Crippen LogP contribution in [0.1, 0.15) is 56.6 Å². The van der Waals surface area contributed by atoms with Gasteiger partial charge in [0.1, 0.15) is 24.1 Å². The van der Waals surface area contributed by atoms with Crippen LogP contribution in [-0.4, -0.2) is 97.8 Å². The van der Waals surface area contributed by atoms with Crippen molar-refractivity contribution in [2.24, 2.45) is 17.8 Å². The number of carbonyl (C=O) groups is 2. The maximum atomic E-state index is 12.8. The molecule has 6 N–H and O–H groups in total. The Hall–Kier alpha value is -2.07. The van der Waals surface area contributed by atoms with E-state index in [1.54, 1.807) is 25.1 Å². The van der Waals surface area contributed by atoms with E-state index >= 15 is 0 Å². The molecule has 1 spiro atoms. The van der Waals surface area contributed by atoms with Gasteiger partial charge >= 0.3 is 11.8 Å². The van der Waals surface area contributed by atoms with Gasteiger partial charge in [-0.15, -0.1) is 11.6 Å². The quantitative estimate of drug-likeness (QED) is 0.165. The van der Waals surface area contributed by atoms with Gasteiger partial charge in [-0.1, -0.05) is 12.1 Å². The molecule has 4 aliphatic carbocycles. The lowest BCUT2D eigenvalue weighted by Crippen LogP contribution is -2.78. The Morgan fingerprint density at radius 1 is 1.14 bits per heavy atom. The Balaban J connectivity index is 1.35. The molecule has 0 aromatic heterocycles. The molecule has 7 rings (SSSR count). The fourth-order valence-electron chi connectivity index (χ4n) is 8.67. The third-order valence-corrected chi connectivity index (χ3v) is 10.9. The molecule has 1 aromatic rings. The minimum Gasteiger partial charge on any atom is -0.476 e. The van der Waals surface area contributed by atoms with Crippen LogP contribution < -0.4 is 10.1 Å². The second kappa shape index (κ2) is 11.0. The number of aliphatic carboxylic acids is 1. The van der Waals surface area contributed by atoms with Crippen molar-refractivity contribution in [3.63, 3.8) is 0 Å². The number of aryl methyl sites for hydroxylation is 1. The van der Waals surface area contributed by atoms with Crippen molar-refractivity contribution in [3.8, 4) is 5.75 Å². The number of nitrogens with one attached hydrogen (secondary N) is 1. The smallest absolute Gasteiger partial charge is 0.377 e. The molecule has 5 unspecified atom stereocenters. The third-order valence-electron chi connectivity index (χ3n) is 10.5. The lowest BCUT2D eigenvalue weighted by atomic mass is 9.46. The minimum atomic E-state index is -2.55. The molecule has 6 aliphatic rings. The summed E-state index contributed by atoms with van der Waals surface area (Å²) < 4.78 is 18.0. The maximum Gasteiger partial charge on any atom is 0.377 e. The second-order valence-electron chi connectivity index (χ2n) is 13.2. The predicted octanol–water partition coefficient (Wildman–Crippen LogP) is 0.841. The molecule has 9 atom stereocenters. The zero-order valence-electron chi connectivity index (χ0n) is 24.8. The highest BCUT2D eigenvalue weighted by Crippen LogP contribution is 2.71. The van der Waals surface area contributed by atoms with E-state index in [-0.39, 0.29) is 22.5 Å². The number of amides is 1.